The third-order valence-corrected chi connectivity index (χ3v) is 5.23. The fraction of sp³-hybridized carbons (Fsp3) is 0.333. The van der Waals surface area contributed by atoms with Gasteiger partial charge in [-0.25, -0.2) is 4.98 Å². The monoisotopic (exact) mass is 380 g/mol. The first-order chi connectivity index (χ1) is 13.6. The van der Waals surface area contributed by atoms with Crippen LogP contribution in [0.3, 0.4) is 0 Å². The van der Waals surface area contributed by atoms with Gasteiger partial charge in [-0.15, -0.1) is 0 Å². The van der Waals surface area contributed by atoms with Crippen molar-refractivity contribution < 1.29 is 9.47 Å². The predicted molar refractivity (Wildman–Crippen MR) is 109 cm³/mol. The minimum absolute atomic E-state index is 0.120. The van der Waals surface area contributed by atoms with E-state index in [-0.39, 0.29) is 11.6 Å². The van der Waals surface area contributed by atoms with E-state index in [0.717, 1.165) is 37.2 Å². The van der Waals surface area contributed by atoms with E-state index in [4.69, 9.17) is 15.2 Å². The molecule has 0 bridgehead atoms. The molecule has 146 valence electrons. The molecule has 0 aliphatic carbocycles. The van der Waals surface area contributed by atoms with Crippen molar-refractivity contribution in [3.8, 4) is 22.8 Å². The SMILES string of the molecule is COc1ccc(-c2cc(=O)n3cc(N4CCC(N)CC4)ccc3n2)cc1OC. The summed E-state index contributed by atoms with van der Waals surface area (Å²) in [7, 11) is 3.17. The Hall–Kier alpha value is -3.06. The maximum Gasteiger partial charge on any atom is 0.258 e. The highest BCUT2D eigenvalue weighted by Crippen LogP contribution is 2.31. The van der Waals surface area contributed by atoms with Gasteiger partial charge in [0.2, 0.25) is 0 Å². The molecule has 3 aromatic rings. The second-order valence-corrected chi connectivity index (χ2v) is 6.99. The van der Waals surface area contributed by atoms with E-state index >= 15 is 0 Å². The predicted octanol–water partition coefficient (Wildman–Crippen LogP) is 2.31. The molecule has 1 aliphatic heterocycles. The van der Waals surface area contributed by atoms with Crippen LogP contribution >= 0.6 is 0 Å². The van der Waals surface area contributed by atoms with Crippen LogP contribution in [0, 0.1) is 0 Å². The molecule has 1 aliphatic rings. The Morgan fingerprint density at radius 3 is 2.50 bits per heavy atom. The maximum absolute atomic E-state index is 12.8. The Kier molecular flexibility index (Phi) is 4.92. The number of nitrogens with two attached hydrogens (primary N) is 1. The number of hydrogen-bond donors (Lipinski definition) is 1. The summed E-state index contributed by atoms with van der Waals surface area (Å²) in [5.74, 6) is 1.23. The zero-order valence-corrected chi connectivity index (χ0v) is 16.1. The van der Waals surface area contributed by atoms with Gasteiger partial charge in [-0.05, 0) is 43.2 Å². The van der Waals surface area contributed by atoms with Crippen LogP contribution in [-0.4, -0.2) is 42.7 Å². The van der Waals surface area contributed by atoms with E-state index < -0.39 is 0 Å². The van der Waals surface area contributed by atoms with Gasteiger partial charge in [-0.3, -0.25) is 9.20 Å². The van der Waals surface area contributed by atoms with Crippen LogP contribution in [0.4, 0.5) is 5.69 Å². The summed E-state index contributed by atoms with van der Waals surface area (Å²) < 4.78 is 12.2. The standard InChI is InChI=1S/C21H24N4O3/c1-27-18-5-3-14(11-19(18)28-2)17-12-21(26)25-13-16(4-6-20(25)23-17)24-9-7-15(22)8-10-24/h3-6,11-13,15H,7-10,22H2,1-2H3. The Morgan fingerprint density at radius 1 is 1.04 bits per heavy atom. The van der Waals surface area contributed by atoms with Gasteiger partial charge in [0.15, 0.2) is 11.5 Å². The number of fused-ring (bicyclic) bond motifs is 1. The number of hydrogen-bond acceptors (Lipinski definition) is 6. The third kappa shape index (κ3) is 3.41. The van der Waals surface area contributed by atoms with Crippen LogP contribution < -0.4 is 25.7 Å². The van der Waals surface area contributed by atoms with Crippen molar-refractivity contribution in [1.82, 2.24) is 9.38 Å². The summed E-state index contributed by atoms with van der Waals surface area (Å²) in [5, 5.41) is 0. The lowest BCUT2D eigenvalue weighted by Gasteiger charge is -2.32. The quantitative estimate of drug-likeness (QED) is 0.748. The van der Waals surface area contributed by atoms with Crippen LogP contribution in [0.25, 0.3) is 16.9 Å². The molecule has 0 spiro atoms. The average Bonchev–Trinajstić information content (AvgIpc) is 2.73. The van der Waals surface area contributed by atoms with E-state index in [2.05, 4.69) is 9.88 Å². The first-order valence-electron chi connectivity index (χ1n) is 9.35. The lowest BCUT2D eigenvalue weighted by Crippen LogP contribution is -2.39. The highest BCUT2D eigenvalue weighted by molar-refractivity contribution is 5.66. The molecule has 0 radical (unpaired) electrons. The van der Waals surface area contributed by atoms with Crippen molar-refractivity contribution in [3.05, 3.63) is 52.9 Å². The molecule has 0 saturated carbocycles. The molecule has 2 aromatic heterocycles. The van der Waals surface area contributed by atoms with E-state index in [1.807, 2.05) is 36.5 Å². The Morgan fingerprint density at radius 2 is 1.79 bits per heavy atom. The summed E-state index contributed by atoms with van der Waals surface area (Å²) in [6.07, 6.45) is 3.78. The normalized spacial score (nSPS) is 15.0. The third-order valence-electron chi connectivity index (χ3n) is 5.23. The second-order valence-electron chi connectivity index (χ2n) is 6.99. The lowest BCUT2D eigenvalue weighted by atomic mass is 10.1. The van der Waals surface area contributed by atoms with Crippen LogP contribution in [0.5, 0.6) is 11.5 Å². The van der Waals surface area contributed by atoms with Crippen molar-refractivity contribution in [2.24, 2.45) is 5.73 Å². The number of methoxy groups -OCH3 is 2. The number of pyridine rings is 1. The topological polar surface area (TPSA) is 82.1 Å². The van der Waals surface area contributed by atoms with Gasteiger partial charge < -0.3 is 20.1 Å². The molecule has 4 rings (SSSR count). The molecule has 0 atom stereocenters. The van der Waals surface area contributed by atoms with E-state index in [9.17, 15) is 4.79 Å². The number of rotatable bonds is 4. The number of nitrogens with zero attached hydrogens (tertiary/aromatic N) is 3. The largest absolute Gasteiger partial charge is 0.493 e. The molecule has 0 amide bonds. The molecule has 2 N–H and O–H groups in total. The first-order valence-corrected chi connectivity index (χ1v) is 9.35. The van der Waals surface area contributed by atoms with Crippen LogP contribution in [0.15, 0.2) is 47.4 Å². The molecule has 0 unspecified atom stereocenters. The van der Waals surface area contributed by atoms with Gasteiger partial charge in [-0.1, -0.05) is 0 Å². The summed E-state index contributed by atoms with van der Waals surface area (Å²) in [6.45, 7) is 1.80. The smallest absolute Gasteiger partial charge is 0.258 e. The highest BCUT2D eigenvalue weighted by Gasteiger charge is 2.17. The van der Waals surface area contributed by atoms with Gasteiger partial charge in [0.05, 0.1) is 25.6 Å². The number of anilines is 1. The number of piperidine rings is 1. The molecular weight excluding hydrogens is 356 g/mol. The summed E-state index contributed by atoms with van der Waals surface area (Å²) in [5.41, 5.74) is 8.89. The van der Waals surface area contributed by atoms with Crippen molar-refractivity contribution in [2.75, 3.05) is 32.2 Å². The molecule has 1 saturated heterocycles. The molecule has 1 fully saturated rings. The Labute approximate surface area is 163 Å². The number of benzene rings is 1. The number of aromatic nitrogens is 2. The zero-order valence-electron chi connectivity index (χ0n) is 16.1. The van der Waals surface area contributed by atoms with Crippen LogP contribution in [-0.2, 0) is 0 Å². The average molecular weight is 380 g/mol. The fourth-order valence-electron chi connectivity index (χ4n) is 3.58. The van der Waals surface area contributed by atoms with E-state index in [1.165, 1.54) is 0 Å². The van der Waals surface area contributed by atoms with Crippen LogP contribution in [0.2, 0.25) is 0 Å². The van der Waals surface area contributed by atoms with Crippen molar-refractivity contribution in [1.29, 1.82) is 0 Å². The first kappa shape index (κ1) is 18.3. The summed E-state index contributed by atoms with van der Waals surface area (Å²) in [6, 6.07) is 11.2. The zero-order chi connectivity index (χ0) is 19.7. The van der Waals surface area contributed by atoms with Crippen LogP contribution in [0.1, 0.15) is 12.8 Å². The number of ether oxygens (including phenoxy) is 2. The molecule has 7 heteroatoms. The van der Waals surface area contributed by atoms with Gasteiger partial charge in [0, 0.05) is 37.0 Å². The molecule has 3 heterocycles. The minimum Gasteiger partial charge on any atom is -0.493 e. The van der Waals surface area contributed by atoms with E-state index in [0.29, 0.717) is 22.8 Å². The van der Waals surface area contributed by atoms with Gasteiger partial charge in [-0.2, -0.15) is 0 Å². The van der Waals surface area contributed by atoms with Crippen molar-refractivity contribution in [3.63, 3.8) is 0 Å². The van der Waals surface area contributed by atoms with Gasteiger partial charge >= 0.3 is 0 Å². The highest BCUT2D eigenvalue weighted by atomic mass is 16.5. The minimum atomic E-state index is -0.120. The molecule has 28 heavy (non-hydrogen) atoms. The van der Waals surface area contributed by atoms with E-state index in [1.54, 1.807) is 24.7 Å². The van der Waals surface area contributed by atoms with Crippen molar-refractivity contribution >= 4 is 11.3 Å². The van der Waals surface area contributed by atoms with Gasteiger partial charge in [0.1, 0.15) is 5.65 Å². The summed E-state index contributed by atoms with van der Waals surface area (Å²) >= 11 is 0. The molecule has 1 aromatic carbocycles. The van der Waals surface area contributed by atoms with Gasteiger partial charge in [0.25, 0.3) is 5.56 Å². The van der Waals surface area contributed by atoms with Crippen molar-refractivity contribution in [2.45, 2.75) is 18.9 Å². The lowest BCUT2D eigenvalue weighted by molar-refractivity contribution is 0.355. The molecule has 7 nitrogen and oxygen atoms in total. The maximum atomic E-state index is 12.8. The molecular formula is C21H24N4O3. The summed E-state index contributed by atoms with van der Waals surface area (Å²) in [4.78, 5) is 19.7. The fourth-order valence-corrected chi connectivity index (χ4v) is 3.58. The Bertz CT molecular complexity index is 1060. The Balaban J connectivity index is 1.71. The second kappa shape index (κ2) is 7.52.